The van der Waals surface area contributed by atoms with E-state index >= 15 is 0 Å². The number of rotatable bonds is 3. The highest BCUT2D eigenvalue weighted by Gasteiger charge is 2.14. The van der Waals surface area contributed by atoms with Crippen LogP contribution in [0.2, 0.25) is 0 Å². The normalized spacial score (nSPS) is 10.8. The number of fused-ring (bicyclic) bond motifs is 1. The van der Waals surface area contributed by atoms with Crippen molar-refractivity contribution in [3.8, 4) is 5.75 Å². The van der Waals surface area contributed by atoms with Crippen LogP contribution in [-0.2, 0) is 12.8 Å². The molecule has 0 fully saturated rings. The third-order valence-corrected chi connectivity index (χ3v) is 3.35. The summed E-state index contributed by atoms with van der Waals surface area (Å²) in [5.41, 5.74) is 2.38. The maximum atomic E-state index is 11.0. The summed E-state index contributed by atoms with van der Waals surface area (Å²) in [4.78, 5) is 11.0. The van der Waals surface area contributed by atoms with Crippen LogP contribution in [0.25, 0.3) is 10.8 Å². The standard InChI is InChI=1S/C15H16O3/c1-3-9-5-6-12-11(10(9)4-2)7-8-13(14(12)16)15(17)18/h5-8,16H,3-4H2,1-2H3,(H,17,18). The van der Waals surface area contributed by atoms with Crippen molar-refractivity contribution in [3.05, 3.63) is 41.0 Å². The zero-order chi connectivity index (χ0) is 13.3. The summed E-state index contributed by atoms with van der Waals surface area (Å²) in [6.45, 7) is 4.15. The van der Waals surface area contributed by atoms with Crippen molar-refractivity contribution in [1.82, 2.24) is 0 Å². The average Bonchev–Trinajstić information content (AvgIpc) is 2.37. The summed E-state index contributed by atoms with van der Waals surface area (Å²) >= 11 is 0. The van der Waals surface area contributed by atoms with E-state index in [1.54, 1.807) is 12.1 Å². The van der Waals surface area contributed by atoms with E-state index in [-0.39, 0.29) is 11.3 Å². The van der Waals surface area contributed by atoms with Crippen molar-refractivity contribution in [2.45, 2.75) is 26.7 Å². The lowest BCUT2D eigenvalue weighted by atomic mass is 9.94. The zero-order valence-corrected chi connectivity index (χ0v) is 10.5. The molecule has 2 aromatic carbocycles. The van der Waals surface area contributed by atoms with Gasteiger partial charge in [0.05, 0.1) is 0 Å². The third kappa shape index (κ3) is 1.82. The van der Waals surface area contributed by atoms with Gasteiger partial charge in [-0.25, -0.2) is 4.79 Å². The number of carboxylic acid groups (broad SMARTS) is 1. The highest BCUT2D eigenvalue weighted by Crippen LogP contribution is 2.32. The molecular weight excluding hydrogens is 228 g/mol. The van der Waals surface area contributed by atoms with Crippen LogP contribution in [-0.4, -0.2) is 16.2 Å². The van der Waals surface area contributed by atoms with Crippen LogP contribution in [0.15, 0.2) is 24.3 Å². The molecule has 0 unspecified atom stereocenters. The Morgan fingerprint density at radius 1 is 1.06 bits per heavy atom. The quantitative estimate of drug-likeness (QED) is 0.870. The zero-order valence-electron chi connectivity index (χ0n) is 10.5. The van der Waals surface area contributed by atoms with Gasteiger partial charge in [-0.1, -0.05) is 32.0 Å². The van der Waals surface area contributed by atoms with E-state index < -0.39 is 5.97 Å². The number of carbonyl (C=O) groups is 1. The molecule has 0 aliphatic carbocycles. The van der Waals surface area contributed by atoms with Crippen LogP contribution in [0.4, 0.5) is 0 Å². The first-order valence-corrected chi connectivity index (χ1v) is 6.09. The van der Waals surface area contributed by atoms with Gasteiger partial charge >= 0.3 is 5.97 Å². The molecule has 0 bridgehead atoms. The lowest BCUT2D eigenvalue weighted by molar-refractivity contribution is 0.0694. The van der Waals surface area contributed by atoms with Gasteiger partial charge in [0.1, 0.15) is 11.3 Å². The Labute approximate surface area is 106 Å². The van der Waals surface area contributed by atoms with E-state index in [9.17, 15) is 9.90 Å². The molecule has 0 aliphatic heterocycles. The summed E-state index contributed by atoms with van der Waals surface area (Å²) in [5, 5.41) is 20.6. The monoisotopic (exact) mass is 244 g/mol. The van der Waals surface area contributed by atoms with E-state index in [1.807, 2.05) is 6.07 Å². The number of aryl methyl sites for hydroxylation is 2. The maximum Gasteiger partial charge on any atom is 0.339 e. The molecular formula is C15H16O3. The first-order valence-electron chi connectivity index (χ1n) is 6.09. The largest absolute Gasteiger partial charge is 0.506 e. The van der Waals surface area contributed by atoms with Crippen molar-refractivity contribution < 1.29 is 15.0 Å². The minimum absolute atomic E-state index is 0.0474. The highest BCUT2D eigenvalue weighted by molar-refractivity contribution is 6.01. The fourth-order valence-corrected chi connectivity index (χ4v) is 2.42. The lowest BCUT2D eigenvalue weighted by Gasteiger charge is -2.12. The summed E-state index contributed by atoms with van der Waals surface area (Å²) in [7, 11) is 0. The summed E-state index contributed by atoms with van der Waals surface area (Å²) in [6, 6.07) is 7.02. The molecule has 2 aromatic rings. The van der Waals surface area contributed by atoms with Crippen molar-refractivity contribution in [1.29, 1.82) is 0 Å². The van der Waals surface area contributed by atoms with Crippen LogP contribution in [0, 0.1) is 0 Å². The van der Waals surface area contributed by atoms with Gasteiger partial charge in [-0.3, -0.25) is 0 Å². The number of hydrogen-bond donors (Lipinski definition) is 2. The van der Waals surface area contributed by atoms with Crippen LogP contribution in [0.5, 0.6) is 5.75 Å². The Bertz CT molecular complexity index is 615. The van der Waals surface area contributed by atoms with E-state index in [1.165, 1.54) is 17.2 Å². The fourth-order valence-electron chi connectivity index (χ4n) is 2.42. The number of hydrogen-bond acceptors (Lipinski definition) is 2. The second-order valence-electron chi connectivity index (χ2n) is 4.27. The highest BCUT2D eigenvalue weighted by atomic mass is 16.4. The molecule has 3 nitrogen and oxygen atoms in total. The molecule has 0 atom stereocenters. The predicted octanol–water partition coefficient (Wildman–Crippen LogP) is 3.37. The molecule has 0 saturated heterocycles. The first kappa shape index (κ1) is 12.4. The van der Waals surface area contributed by atoms with Gasteiger partial charge in [-0.2, -0.15) is 0 Å². The molecule has 94 valence electrons. The van der Waals surface area contributed by atoms with Gasteiger partial charge < -0.3 is 10.2 Å². The molecule has 0 amide bonds. The predicted molar refractivity (Wildman–Crippen MR) is 71.3 cm³/mol. The van der Waals surface area contributed by atoms with E-state index in [4.69, 9.17) is 5.11 Å². The van der Waals surface area contributed by atoms with Gasteiger partial charge in [-0.05, 0) is 35.4 Å². The molecule has 2 rings (SSSR count). The van der Waals surface area contributed by atoms with Crippen LogP contribution < -0.4 is 0 Å². The number of benzene rings is 2. The molecule has 0 aliphatic rings. The molecule has 18 heavy (non-hydrogen) atoms. The van der Waals surface area contributed by atoms with Crippen LogP contribution in [0.1, 0.15) is 35.3 Å². The van der Waals surface area contributed by atoms with Crippen molar-refractivity contribution in [3.63, 3.8) is 0 Å². The van der Waals surface area contributed by atoms with Gasteiger partial charge in [0, 0.05) is 5.39 Å². The molecule has 0 saturated carbocycles. The van der Waals surface area contributed by atoms with Gasteiger partial charge in [-0.15, -0.1) is 0 Å². The number of phenols is 1. The second-order valence-corrected chi connectivity index (χ2v) is 4.27. The number of aromatic carboxylic acids is 1. The Morgan fingerprint density at radius 2 is 1.72 bits per heavy atom. The van der Waals surface area contributed by atoms with E-state index in [0.29, 0.717) is 5.39 Å². The molecule has 3 heteroatoms. The Balaban J connectivity index is 2.82. The first-order chi connectivity index (χ1) is 8.60. The Hall–Kier alpha value is -2.03. The molecule has 0 heterocycles. The molecule has 0 radical (unpaired) electrons. The topological polar surface area (TPSA) is 57.5 Å². The summed E-state index contributed by atoms with van der Waals surface area (Å²) in [5.74, 6) is -1.25. The van der Waals surface area contributed by atoms with Gasteiger partial charge in [0.2, 0.25) is 0 Å². The Kier molecular flexibility index (Phi) is 3.24. The van der Waals surface area contributed by atoms with Crippen LogP contribution in [0.3, 0.4) is 0 Å². The molecule has 0 spiro atoms. The van der Waals surface area contributed by atoms with Crippen molar-refractivity contribution in [2.24, 2.45) is 0 Å². The van der Waals surface area contributed by atoms with Gasteiger partial charge in [0.15, 0.2) is 0 Å². The minimum Gasteiger partial charge on any atom is -0.506 e. The smallest absolute Gasteiger partial charge is 0.339 e. The number of carboxylic acids is 1. The van der Waals surface area contributed by atoms with Crippen molar-refractivity contribution in [2.75, 3.05) is 0 Å². The SMILES string of the molecule is CCc1ccc2c(O)c(C(=O)O)ccc2c1CC. The molecule has 0 aromatic heterocycles. The minimum atomic E-state index is -1.10. The average molecular weight is 244 g/mol. The second kappa shape index (κ2) is 4.69. The van der Waals surface area contributed by atoms with E-state index in [2.05, 4.69) is 13.8 Å². The van der Waals surface area contributed by atoms with Crippen LogP contribution >= 0.6 is 0 Å². The van der Waals surface area contributed by atoms with E-state index in [0.717, 1.165) is 18.2 Å². The summed E-state index contributed by atoms with van der Waals surface area (Å²) < 4.78 is 0. The lowest BCUT2D eigenvalue weighted by Crippen LogP contribution is -1.99. The summed E-state index contributed by atoms with van der Waals surface area (Å²) in [6.07, 6.45) is 1.80. The number of aromatic hydroxyl groups is 1. The maximum absolute atomic E-state index is 11.0. The fraction of sp³-hybridized carbons (Fsp3) is 0.267. The van der Waals surface area contributed by atoms with Crippen molar-refractivity contribution >= 4 is 16.7 Å². The third-order valence-electron chi connectivity index (χ3n) is 3.35. The molecule has 2 N–H and O–H groups in total. The Morgan fingerprint density at radius 3 is 2.28 bits per heavy atom. The van der Waals surface area contributed by atoms with Gasteiger partial charge in [0.25, 0.3) is 0 Å².